The molecule has 0 fully saturated rings. The van der Waals surface area contributed by atoms with Crippen molar-refractivity contribution in [1.29, 1.82) is 0 Å². The van der Waals surface area contributed by atoms with Crippen LogP contribution in [-0.4, -0.2) is 51.4 Å². The molecule has 0 spiro atoms. The molecule has 0 saturated heterocycles. The number of hydrogen-bond donors (Lipinski definition) is 2. The van der Waals surface area contributed by atoms with Crippen molar-refractivity contribution in [1.82, 2.24) is 14.7 Å². The molecule has 2 aromatic carbocycles. The number of hydrogen-bond acceptors (Lipinski definition) is 8. The van der Waals surface area contributed by atoms with E-state index in [2.05, 4.69) is 20.0 Å². The van der Waals surface area contributed by atoms with Crippen molar-refractivity contribution in [2.75, 3.05) is 26.1 Å². The summed E-state index contributed by atoms with van der Waals surface area (Å²) in [5.74, 6) is 0.786. The van der Waals surface area contributed by atoms with E-state index < -0.39 is 22.3 Å². The van der Waals surface area contributed by atoms with E-state index in [1.54, 1.807) is 19.1 Å². The third-order valence-electron chi connectivity index (χ3n) is 4.76. The number of alkyl halides is 3. The van der Waals surface area contributed by atoms with Gasteiger partial charge in [0, 0.05) is 12.1 Å². The van der Waals surface area contributed by atoms with Crippen LogP contribution in [0.4, 0.5) is 24.7 Å². The van der Waals surface area contributed by atoms with Gasteiger partial charge in [0.1, 0.15) is 29.4 Å². The van der Waals surface area contributed by atoms with E-state index in [0.29, 0.717) is 29.0 Å². The lowest BCUT2D eigenvalue weighted by atomic mass is 10.2. The summed E-state index contributed by atoms with van der Waals surface area (Å²) in [6.07, 6.45) is -5.54. The molecule has 1 atom stereocenters. The lowest BCUT2D eigenvalue weighted by Gasteiger charge is -2.21. The Balaban J connectivity index is 2.17. The highest BCUT2D eigenvalue weighted by Gasteiger charge is 2.38. The summed E-state index contributed by atoms with van der Waals surface area (Å²) in [5, 5.41) is 3.31. The molecule has 0 radical (unpaired) electrons. The molecule has 2 N–H and O–H groups in total. The molecular weight excluding hydrogens is 477 g/mol. The first-order valence-electron chi connectivity index (χ1n) is 10.0. The van der Waals surface area contributed by atoms with Crippen LogP contribution >= 0.6 is 0 Å². The summed E-state index contributed by atoms with van der Waals surface area (Å²) in [6.45, 7) is 2.93. The number of rotatable bonds is 9. The molecule has 0 aliphatic rings. The number of nitrogens with one attached hydrogen (secondary N) is 2. The Morgan fingerprint density at radius 3 is 2.47 bits per heavy atom. The lowest BCUT2D eigenvalue weighted by molar-refractivity contribution is -0.189. The van der Waals surface area contributed by atoms with Gasteiger partial charge in [0.15, 0.2) is 6.10 Å². The normalized spacial score (nSPS) is 12.9. The highest BCUT2D eigenvalue weighted by atomic mass is 32.2. The summed E-state index contributed by atoms with van der Waals surface area (Å²) in [7, 11) is -1.19. The van der Waals surface area contributed by atoms with Crippen LogP contribution in [0.25, 0.3) is 10.9 Å². The van der Waals surface area contributed by atoms with Crippen LogP contribution in [0.2, 0.25) is 0 Å². The summed E-state index contributed by atoms with van der Waals surface area (Å²) in [4.78, 5) is 8.22. The van der Waals surface area contributed by atoms with Gasteiger partial charge in [-0.3, -0.25) is 0 Å². The van der Waals surface area contributed by atoms with E-state index in [4.69, 9.17) is 14.2 Å². The highest BCUT2D eigenvalue weighted by Crippen LogP contribution is 2.38. The number of aromatic nitrogens is 2. The van der Waals surface area contributed by atoms with Gasteiger partial charge in [-0.1, -0.05) is 0 Å². The SMILES string of the molecule is CCOc1cc(OC)cc2ncnc(Nc3cc(S(=O)(=O)NC)ccc3OC(C)C(F)(F)F)c12. The van der Waals surface area contributed by atoms with Gasteiger partial charge in [-0.05, 0) is 39.1 Å². The number of ether oxygens (including phenoxy) is 3. The fourth-order valence-electron chi connectivity index (χ4n) is 2.99. The molecule has 0 saturated carbocycles. The smallest absolute Gasteiger partial charge is 0.425 e. The zero-order valence-corrected chi connectivity index (χ0v) is 19.5. The fraction of sp³-hybridized carbons (Fsp3) is 0.333. The zero-order chi connectivity index (χ0) is 25.1. The molecule has 0 amide bonds. The summed E-state index contributed by atoms with van der Waals surface area (Å²) < 4.78 is 82.2. The highest BCUT2D eigenvalue weighted by molar-refractivity contribution is 7.89. The van der Waals surface area contributed by atoms with Gasteiger partial charge < -0.3 is 19.5 Å². The number of benzene rings is 2. The number of halogens is 3. The second kappa shape index (κ2) is 9.89. The number of nitrogens with zero attached hydrogens (tertiary/aromatic N) is 2. The third-order valence-corrected chi connectivity index (χ3v) is 6.17. The van der Waals surface area contributed by atoms with E-state index in [0.717, 1.165) is 25.1 Å². The van der Waals surface area contributed by atoms with Gasteiger partial charge in [0.25, 0.3) is 0 Å². The van der Waals surface area contributed by atoms with E-state index in [-0.39, 0.29) is 22.2 Å². The predicted octanol–water partition coefficient (Wildman–Crippen LogP) is 4.02. The quantitative estimate of drug-likeness (QED) is 0.453. The van der Waals surface area contributed by atoms with Crippen molar-refractivity contribution >= 4 is 32.4 Å². The van der Waals surface area contributed by atoms with Gasteiger partial charge in [-0.25, -0.2) is 23.1 Å². The maximum absolute atomic E-state index is 13.1. The molecule has 184 valence electrons. The topological polar surface area (TPSA) is 112 Å². The van der Waals surface area contributed by atoms with Crippen molar-refractivity contribution in [3.63, 3.8) is 0 Å². The van der Waals surface area contributed by atoms with E-state index in [1.165, 1.54) is 20.5 Å². The van der Waals surface area contributed by atoms with Crippen LogP contribution < -0.4 is 24.2 Å². The van der Waals surface area contributed by atoms with E-state index in [1.807, 2.05) is 0 Å². The predicted molar refractivity (Wildman–Crippen MR) is 119 cm³/mol. The van der Waals surface area contributed by atoms with Gasteiger partial charge in [-0.2, -0.15) is 13.2 Å². The van der Waals surface area contributed by atoms with Crippen molar-refractivity contribution < 1.29 is 35.8 Å². The first kappa shape index (κ1) is 25.3. The monoisotopic (exact) mass is 500 g/mol. The Morgan fingerprint density at radius 2 is 1.85 bits per heavy atom. The number of fused-ring (bicyclic) bond motifs is 1. The molecule has 0 aliphatic carbocycles. The van der Waals surface area contributed by atoms with E-state index in [9.17, 15) is 21.6 Å². The van der Waals surface area contributed by atoms with Crippen LogP contribution in [0.1, 0.15) is 13.8 Å². The Bertz CT molecular complexity index is 1290. The van der Waals surface area contributed by atoms with Crippen molar-refractivity contribution in [2.24, 2.45) is 0 Å². The molecule has 3 aromatic rings. The standard InChI is InChI=1S/C21H23F3N4O5S/c1-5-32-18-9-13(31-4)8-16-19(18)20(27-11-26-16)28-15-10-14(34(29,30)25-3)6-7-17(15)33-12(2)21(22,23)24/h6-12,25H,5H2,1-4H3,(H,26,27,28). The number of sulfonamides is 1. The largest absolute Gasteiger partial charge is 0.497 e. The second-order valence-electron chi connectivity index (χ2n) is 6.97. The fourth-order valence-corrected chi connectivity index (χ4v) is 3.75. The third kappa shape index (κ3) is 5.42. The maximum atomic E-state index is 13.1. The minimum atomic E-state index is -4.63. The number of methoxy groups -OCH3 is 1. The Hall–Kier alpha value is -3.32. The lowest BCUT2D eigenvalue weighted by Crippen LogP contribution is -2.31. The van der Waals surface area contributed by atoms with Gasteiger partial charge >= 0.3 is 6.18 Å². The number of anilines is 2. The zero-order valence-electron chi connectivity index (χ0n) is 18.7. The minimum Gasteiger partial charge on any atom is -0.497 e. The van der Waals surface area contributed by atoms with Crippen LogP contribution in [0.3, 0.4) is 0 Å². The molecule has 13 heteroatoms. The molecule has 3 rings (SSSR count). The average molecular weight is 500 g/mol. The average Bonchev–Trinajstić information content (AvgIpc) is 2.79. The van der Waals surface area contributed by atoms with Gasteiger partial charge in [0.05, 0.1) is 35.2 Å². The van der Waals surface area contributed by atoms with Crippen molar-refractivity contribution in [3.05, 3.63) is 36.7 Å². The Kier molecular flexibility index (Phi) is 7.36. The molecule has 9 nitrogen and oxygen atoms in total. The first-order valence-corrected chi connectivity index (χ1v) is 11.5. The summed E-state index contributed by atoms with van der Waals surface area (Å²) in [5.41, 5.74) is 0.385. The molecule has 1 unspecified atom stereocenters. The molecule has 0 bridgehead atoms. The van der Waals surface area contributed by atoms with Crippen LogP contribution in [0.5, 0.6) is 17.2 Å². The molecule has 1 aromatic heterocycles. The van der Waals surface area contributed by atoms with Crippen molar-refractivity contribution in [2.45, 2.75) is 31.0 Å². The van der Waals surface area contributed by atoms with E-state index >= 15 is 0 Å². The van der Waals surface area contributed by atoms with Crippen LogP contribution in [0.15, 0.2) is 41.6 Å². The first-order chi connectivity index (χ1) is 16.0. The van der Waals surface area contributed by atoms with Gasteiger partial charge in [-0.15, -0.1) is 0 Å². The Morgan fingerprint density at radius 1 is 1.12 bits per heavy atom. The Labute approximate surface area is 194 Å². The molecular formula is C21H23F3N4O5S. The molecule has 34 heavy (non-hydrogen) atoms. The van der Waals surface area contributed by atoms with Gasteiger partial charge in [0.2, 0.25) is 10.0 Å². The summed E-state index contributed by atoms with van der Waals surface area (Å²) in [6, 6.07) is 6.69. The van der Waals surface area contributed by atoms with Crippen molar-refractivity contribution in [3.8, 4) is 17.2 Å². The minimum absolute atomic E-state index is 0.0503. The van der Waals surface area contributed by atoms with Crippen LogP contribution in [-0.2, 0) is 10.0 Å². The summed E-state index contributed by atoms with van der Waals surface area (Å²) >= 11 is 0. The second-order valence-corrected chi connectivity index (χ2v) is 8.85. The molecule has 1 heterocycles. The maximum Gasteiger partial charge on any atom is 0.425 e. The molecule has 0 aliphatic heterocycles. The van der Waals surface area contributed by atoms with Crippen LogP contribution in [0, 0.1) is 0 Å².